The molecule has 0 radical (unpaired) electrons. The summed E-state index contributed by atoms with van der Waals surface area (Å²) < 4.78 is 0. The molecule has 0 spiro atoms. The van der Waals surface area contributed by atoms with Crippen LogP contribution in [0.1, 0.15) is 25.8 Å². The molecule has 156 valence electrons. The number of hydrogen-bond donors (Lipinski definition) is 2. The van der Waals surface area contributed by atoms with Crippen molar-refractivity contribution in [3.8, 4) is 0 Å². The lowest BCUT2D eigenvalue weighted by molar-refractivity contribution is -0.119. The summed E-state index contributed by atoms with van der Waals surface area (Å²) in [5, 5.41) is 9.93. The average Bonchev–Trinajstić information content (AvgIpc) is 3.29. The molecule has 1 aliphatic rings. The topological polar surface area (TPSA) is 60.0 Å². The Morgan fingerprint density at radius 2 is 2.00 bits per heavy atom. The van der Waals surface area contributed by atoms with E-state index in [1.54, 1.807) is 11.3 Å². The van der Waals surface area contributed by atoms with E-state index in [9.17, 15) is 4.79 Å². The molecule has 1 amide bonds. The van der Waals surface area contributed by atoms with Crippen LogP contribution in [0.4, 0.5) is 10.7 Å². The number of nitrogens with one attached hydrogen (secondary N) is 2. The van der Waals surface area contributed by atoms with Gasteiger partial charge in [0.15, 0.2) is 5.96 Å². The molecule has 2 heterocycles. The van der Waals surface area contributed by atoms with E-state index in [2.05, 4.69) is 49.0 Å². The molecule has 0 bridgehead atoms. The van der Waals surface area contributed by atoms with E-state index in [4.69, 9.17) is 0 Å². The molecule has 1 unspecified atom stereocenters. The number of carbonyl (C=O) groups is 1. The minimum atomic E-state index is 0.0171. The van der Waals surface area contributed by atoms with Crippen molar-refractivity contribution >= 4 is 33.9 Å². The summed E-state index contributed by atoms with van der Waals surface area (Å²) in [7, 11) is 1.83. The van der Waals surface area contributed by atoms with E-state index in [0.717, 1.165) is 49.8 Å². The van der Waals surface area contributed by atoms with Crippen molar-refractivity contribution in [1.29, 1.82) is 0 Å². The molecule has 6 nitrogen and oxygen atoms in total. The molecule has 7 heteroatoms. The van der Waals surface area contributed by atoms with Gasteiger partial charge < -0.3 is 20.4 Å². The maximum Gasteiger partial charge on any atom is 0.227 e. The van der Waals surface area contributed by atoms with Crippen LogP contribution in [0.5, 0.6) is 0 Å². The molecule has 1 aliphatic heterocycles. The lowest BCUT2D eigenvalue weighted by Crippen LogP contribution is -2.52. The van der Waals surface area contributed by atoms with Crippen LogP contribution in [0.2, 0.25) is 0 Å². The Bertz CT molecular complexity index is 812. The van der Waals surface area contributed by atoms with Crippen molar-refractivity contribution in [1.82, 2.24) is 10.2 Å². The summed E-state index contributed by atoms with van der Waals surface area (Å²) >= 11 is 1.79. The van der Waals surface area contributed by atoms with E-state index in [1.165, 1.54) is 5.00 Å². The van der Waals surface area contributed by atoms with E-state index in [0.29, 0.717) is 6.54 Å². The normalized spacial score (nSPS) is 15.9. The van der Waals surface area contributed by atoms with Gasteiger partial charge in [-0.1, -0.05) is 26.0 Å². The largest absolute Gasteiger partial charge is 0.360 e. The predicted molar refractivity (Wildman–Crippen MR) is 123 cm³/mol. The second-order valence-electron chi connectivity index (χ2n) is 7.33. The van der Waals surface area contributed by atoms with E-state index in [-0.39, 0.29) is 11.8 Å². The Morgan fingerprint density at radius 3 is 2.66 bits per heavy atom. The maximum atomic E-state index is 12.1. The zero-order valence-corrected chi connectivity index (χ0v) is 18.3. The van der Waals surface area contributed by atoms with Crippen molar-refractivity contribution in [3.63, 3.8) is 0 Å². The predicted octanol–water partition coefficient (Wildman–Crippen LogP) is 3.63. The number of nitrogens with zero attached hydrogens (tertiary/aromatic N) is 3. The molecule has 0 saturated carbocycles. The summed E-state index contributed by atoms with van der Waals surface area (Å²) in [6.45, 7) is 8.53. The second-order valence-corrected chi connectivity index (χ2v) is 8.25. The summed E-state index contributed by atoms with van der Waals surface area (Å²) in [5.74, 6) is 1.00. The number of benzene rings is 1. The fraction of sp³-hybridized carbons (Fsp3) is 0.455. The highest BCUT2D eigenvalue weighted by molar-refractivity contribution is 7.14. The van der Waals surface area contributed by atoms with Crippen LogP contribution in [-0.2, 0) is 11.3 Å². The summed E-state index contributed by atoms with van der Waals surface area (Å²) in [4.78, 5) is 21.3. The molecular formula is C22H31N5OS. The van der Waals surface area contributed by atoms with Gasteiger partial charge in [-0.15, -0.1) is 11.3 Å². The van der Waals surface area contributed by atoms with Gasteiger partial charge in [-0.3, -0.25) is 9.79 Å². The van der Waals surface area contributed by atoms with Crippen molar-refractivity contribution in [2.75, 3.05) is 43.4 Å². The van der Waals surface area contributed by atoms with Crippen LogP contribution < -0.4 is 15.5 Å². The quantitative estimate of drug-likeness (QED) is 0.561. The first kappa shape index (κ1) is 21.2. The molecule has 1 aromatic heterocycles. The molecule has 3 rings (SSSR count). The highest BCUT2D eigenvalue weighted by Crippen LogP contribution is 2.22. The lowest BCUT2D eigenvalue weighted by Gasteiger charge is -2.37. The van der Waals surface area contributed by atoms with Crippen LogP contribution in [0.3, 0.4) is 0 Å². The zero-order chi connectivity index (χ0) is 20.6. The summed E-state index contributed by atoms with van der Waals surface area (Å²) in [6.07, 6.45) is 0.836. The van der Waals surface area contributed by atoms with Crippen LogP contribution in [0.25, 0.3) is 0 Å². The second kappa shape index (κ2) is 10.3. The first-order valence-corrected chi connectivity index (χ1v) is 11.1. The molecule has 1 fully saturated rings. The smallest absolute Gasteiger partial charge is 0.227 e. The van der Waals surface area contributed by atoms with Crippen molar-refractivity contribution < 1.29 is 4.79 Å². The van der Waals surface area contributed by atoms with Gasteiger partial charge >= 0.3 is 0 Å². The third-order valence-electron chi connectivity index (χ3n) is 5.31. The molecule has 0 aliphatic carbocycles. The highest BCUT2D eigenvalue weighted by atomic mass is 32.1. The molecule has 1 saturated heterocycles. The fourth-order valence-corrected chi connectivity index (χ4v) is 4.10. The lowest BCUT2D eigenvalue weighted by atomic mass is 10.1. The third kappa shape index (κ3) is 5.73. The van der Waals surface area contributed by atoms with Gasteiger partial charge in [-0.05, 0) is 41.6 Å². The molecule has 1 aromatic carbocycles. The number of amides is 1. The Kier molecular flexibility index (Phi) is 7.52. The minimum Gasteiger partial charge on any atom is -0.360 e. The number of thiophene rings is 1. The van der Waals surface area contributed by atoms with Crippen LogP contribution in [-0.4, -0.2) is 50.0 Å². The number of hydrogen-bond acceptors (Lipinski definition) is 4. The van der Waals surface area contributed by atoms with Gasteiger partial charge in [0.2, 0.25) is 5.91 Å². The van der Waals surface area contributed by atoms with Gasteiger partial charge in [0.05, 0.1) is 5.00 Å². The number of rotatable bonds is 6. The van der Waals surface area contributed by atoms with Crippen molar-refractivity contribution in [2.24, 2.45) is 10.9 Å². The van der Waals surface area contributed by atoms with Crippen molar-refractivity contribution in [3.05, 3.63) is 47.3 Å². The Balaban J connectivity index is 1.52. The molecule has 2 aromatic rings. The first-order chi connectivity index (χ1) is 14.1. The monoisotopic (exact) mass is 413 g/mol. The standard InChI is InChI=1S/C22H31N5OS/c1-4-17(2)21(28)25-19-8-5-7-18(15-19)16-24-22(23-3)27-12-10-26(11-13-27)20-9-6-14-29-20/h5-9,14-15,17H,4,10-13,16H2,1-3H3,(H,23,24)(H,25,28). The summed E-state index contributed by atoms with van der Waals surface area (Å²) in [6, 6.07) is 12.3. The average molecular weight is 414 g/mol. The van der Waals surface area contributed by atoms with E-state index in [1.807, 2.05) is 39.1 Å². The molecule has 1 atom stereocenters. The van der Waals surface area contributed by atoms with E-state index >= 15 is 0 Å². The van der Waals surface area contributed by atoms with Crippen LogP contribution >= 0.6 is 11.3 Å². The highest BCUT2D eigenvalue weighted by Gasteiger charge is 2.20. The molecule has 29 heavy (non-hydrogen) atoms. The Morgan fingerprint density at radius 1 is 1.21 bits per heavy atom. The maximum absolute atomic E-state index is 12.1. The SMILES string of the molecule is CCC(C)C(=O)Nc1cccc(CNC(=NC)N2CCN(c3cccs3)CC2)c1. The van der Waals surface area contributed by atoms with Crippen LogP contribution in [0, 0.1) is 5.92 Å². The van der Waals surface area contributed by atoms with Crippen LogP contribution in [0.15, 0.2) is 46.8 Å². The van der Waals surface area contributed by atoms with Gasteiger partial charge in [0.25, 0.3) is 0 Å². The number of aliphatic imine (C=N–C) groups is 1. The number of guanidine groups is 1. The zero-order valence-electron chi connectivity index (χ0n) is 17.5. The van der Waals surface area contributed by atoms with Gasteiger partial charge in [-0.2, -0.15) is 0 Å². The number of piperazine rings is 1. The molecular weight excluding hydrogens is 382 g/mol. The number of anilines is 2. The Labute approximate surface area is 177 Å². The van der Waals surface area contributed by atoms with E-state index < -0.39 is 0 Å². The number of carbonyl (C=O) groups excluding carboxylic acids is 1. The third-order valence-corrected chi connectivity index (χ3v) is 6.24. The van der Waals surface area contributed by atoms with Crippen molar-refractivity contribution in [2.45, 2.75) is 26.8 Å². The fourth-order valence-electron chi connectivity index (χ4n) is 3.31. The van der Waals surface area contributed by atoms with Gasteiger partial charge in [0.1, 0.15) is 0 Å². The van der Waals surface area contributed by atoms with Gasteiger partial charge in [-0.25, -0.2) is 0 Å². The Hall–Kier alpha value is -2.54. The summed E-state index contributed by atoms with van der Waals surface area (Å²) in [5.41, 5.74) is 1.96. The molecule has 2 N–H and O–H groups in total. The first-order valence-electron chi connectivity index (χ1n) is 10.2. The minimum absolute atomic E-state index is 0.0171. The van der Waals surface area contributed by atoms with Gasteiger partial charge in [0, 0.05) is 51.4 Å².